The molecule has 0 bridgehead atoms. The molecular weight excluding hydrogens is 953 g/mol. The first-order chi connectivity index (χ1) is 36.0. The zero-order valence-corrected chi connectivity index (χ0v) is 44.5. The largest absolute Gasteiger partial charge is 0.511 e. The molecule has 16 heteroatoms. The summed E-state index contributed by atoms with van der Waals surface area (Å²) < 4.78 is 29.3. The summed E-state index contributed by atoms with van der Waals surface area (Å²) in [5.41, 5.74) is 6.22. The summed E-state index contributed by atoms with van der Waals surface area (Å²) in [4.78, 5) is 67.6. The van der Waals surface area contributed by atoms with Crippen LogP contribution >= 0.6 is 0 Å². The zero-order chi connectivity index (χ0) is 53.1. The SMILES string of the molecule is CC(C)(C)C(=O)OCC(=O)[C@H]1CC[C@H]2[C@@H]3CCC4=CC(=O)CC[C@]4(C)[C@H]3CC[C@]12C.CCOc1nc2cccc(C(=O)OC(C)OC(=O)OC3CCCCC3)c2n1Cc1ccc(-c2ccccc2-c2nnn[nH]2)cc1. The first-order valence-electron chi connectivity index (χ1n) is 27.0. The fourth-order valence-electron chi connectivity index (χ4n) is 13.2. The minimum absolute atomic E-state index is 0.00824. The number of aromatic nitrogens is 6. The van der Waals surface area contributed by atoms with Gasteiger partial charge in [0.2, 0.25) is 6.29 Å². The van der Waals surface area contributed by atoms with E-state index in [-0.39, 0.29) is 46.8 Å². The molecule has 1 N–H and O–H groups in total. The monoisotopic (exact) mass is 1020 g/mol. The molecule has 10 rings (SSSR count). The number of ether oxygens (including phenoxy) is 5. The van der Waals surface area contributed by atoms with Crippen molar-refractivity contribution in [1.82, 2.24) is 30.2 Å². The summed E-state index contributed by atoms with van der Waals surface area (Å²) in [5.74, 6) is 1.90. The molecule has 5 aliphatic rings. The van der Waals surface area contributed by atoms with Crippen molar-refractivity contribution in [3.8, 4) is 28.5 Å². The van der Waals surface area contributed by atoms with E-state index in [0.717, 1.165) is 99.3 Å². The molecule has 0 amide bonds. The van der Waals surface area contributed by atoms with E-state index in [4.69, 9.17) is 23.7 Å². The van der Waals surface area contributed by atoms with Crippen LogP contribution in [0.5, 0.6) is 6.01 Å². The highest BCUT2D eigenvalue weighted by Crippen LogP contribution is 2.66. The molecule has 0 aliphatic heterocycles. The lowest BCUT2D eigenvalue weighted by molar-refractivity contribution is -0.158. The lowest BCUT2D eigenvalue weighted by Gasteiger charge is -2.58. The van der Waals surface area contributed by atoms with Crippen molar-refractivity contribution in [2.75, 3.05) is 13.2 Å². The van der Waals surface area contributed by atoms with Gasteiger partial charge in [-0.3, -0.25) is 19.0 Å². The number of tetrazole rings is 1. The van der Waals surface area contributed by atoms with Gasteiger partial charge in [0.1, 0.15) is 12.7 Å². The van der Waals surface area contributed by atoms with E-state index in [9.17, 15) is 24.0 Å². The molecule has 1 unspecified atom stereocenters. The molecule has 3 aromatic carbocycles. The zero-order valence-electron chi connectivity index (χ0n) is 44.5. The van der Waals surface area contributed by atoms with E-state index in [1.54, 1.807) is 12.1 Å². The predicted octanol–water partition coefficient (Wildman–Crippen LogP) is 11.6. The maximum Gasteiger partial charge on any atom is 0.511 e. The number of fused-ring (bicyclic) bond motifs is 6. The summed E-state index contributed by atoms with van der Waals surface area (Å²) in [6.45, 7) is 14.2. The number of ketones is 2. The number of rotatable bonds is 13. The number of imidazole rings is 1. The summed E-state index contributed by atoms with van der Waals surface area (Å²) in [5, 5.41) is 14.3. The Bertz CT molecular complexity index is 2920. The van der Waals surface area contributed by atoms with Crippen LogP contribution in [0.4, 0.5) is 4.79 Å². The van der Waals surface area contributed by atoms with E-state index < -0.39 is 23.8 Å². The van der Waals surface area contributed by atoms with Crippen molar-refractivity contribution < 1.29 is 47.7 Å². The summed E-state index contributed by atoms with van der Waals surface area (Å²) in [6.07, 6.45) is 12.7. The number of allylic oxidation sites excluding steroid dienone is 1. The highest BCUT2D eigenvalue weighted by atomic mass is 16.8. The molecule has 398 valence electrons. The molecule has 7 atom stereocenters. The molecule has 0 radical (unpaired) electrons. The van der Waals surface area contributed by atoms with Crippen molar-refractivity contribution in [2.24, 2.45) is 39.9 Å². The van der Waals surface area contributed by atoms with Gasteiger partial charge in [-0.15, -0.1) is 5.10 Å². The van der Waals surface area contributed by atoms with Crippen LogP contribution in [-0.4, -0.2) is 85.4 Å². The molecule has 0 spiro atoms. The van der Waals surface area contributed by atoms with E-state index in [1.807, 2.05) is 92.9 Å². The van der Waals surface area contributed by atoms with Gasteiger partial charge in [-0.1, -0.05) is 80.4 Å². The van der Waals surface area contributed by atoms with Gasteiger partial charge in [-0.2, -0.15) is 4.98 Å². The average Bonchev–Trinajstić information content (AvgIpc) is 4.16. The van der Waals surface area contributed by atoms with Crippen molar-refractivity contribution in [3.05, 3.63) is 89.5 Å². The highest BCUT2D eigenvalue weighted by Gasteiger charge is 2.60. The topological polar surface area (TPSA) is 204 Å². The van der Waals surface area contributed by atoms with Crippen molar-refractivity contribution in [3.63, 3.8) is 0 Å². The number of aromatic amines is 1. The van der Waals surface area contributed by atoms with Gasteiger partial charge in [0.25, 0.3) is 6.01 Å². The first kappa shape index (κ1) is 53.1. The lowest BCUT2D eigenvalue weighted by Crippen LogP contribution is -2.51. The van der Waals surface area contributed by atoms with Crippen LogP contribution in [0.15, 0.2) is 78.4 Å². The number of nitrogens with one attached hydrogen (secondary N) is 1. The van der Waals surface area contributed by atoms with Crippen LogP contribution < -0.4 is 4.74 Å². The standard InChI is InChI=1S/C33H34N6O6.C26H38O4/c1-3-42-32-34-28-15-9-14-27(31(40)43-21(2)44-33(41)45-24-10-5-4-6-11-24)29(28)39(32)20-22-16-18-23(19-17-22)25-12-7-8-13-26(25)30-35-37-38-36-30;1-24(2,3)23(29)30-15-22(28)21-9-8-19-18-7-6-16-14-17(27)10-12-25(16,4)20(18)11-13-26(19,21)5/h7-9,12-19,21,24H,3-6,10-11,20H2,1-2H3,(H,35,36,37,38);14,18-21H,6-13,15H2,1-5H3/t;18-,19-,20-,21+,25-,26-/m.0/s1. The third kappa shape index (κ3) is 11.3. The Labute approximate surface area is 439 Å². The van der Waals surface area contributed by atoms with Crippen LogP contribution in [0.1, 0.15) is 148 Å². The first-order valence-corrected chi connectivity index (χ1v) is 27.0. The summed E-state index contributed by atoms with van der Waals surface area (Å²) in [6, 6.07) is 21.5. The molecule has 5 aliphatic carbocycles. The normalized spacial score (nSPS) is 24.8. The minimum atomic E-state index is -1.14. The molecular formula is C59H72N6O10. The Balaban J connectivity index is 0.000000199. The molecule has 2 aromatic heterocycles. The highest BCUT2D eigenvalue weighted by molar-refractivity contribution is 6.02. The number of Topliss-reactive ketones (excluding diaryl/α,β-unsaturated/α-hetero) is 1. The number of carbonyl (C=O) groups is 5. The maximum absolute atomic E-state index is 13.4. The molecule has 2 heterocycles. The van der Waals surface area contributed by atoms with Crippen LogP contribution in [-0.2, 0) is 39.9 Å². The van der Waals surface area contributed by atoms with Gasteiger partial charge in [0.15, 0.2) is 17.4 Å². The van der Waals surface area contributed by atoms with E-state index >= 15 is 0 Å². The number of benzene rings is 3. The van der Waals surface area contributed by atoms with Crippen molar-refractivity contribution >= 4 is 40.7 Å². The average molecular weight is 1030 g/mol. The van der Waals surface area contributed by atoms with Gasteiger partial charge in [-0.25, -0.2) is 14.7 Å². The predicted molar refractivity (Wildman–Crippen MR) is 280 cm³/mol. The van der Waals surface area contributed by atoms with Gasteiger partial charge in [-0.05, 0) is 172 Å². The van der Waals surface area contributed by atoms with Crippen LogP contribution in [0.25, 0.3) is 33.5 Å². The minimum Gasteiger partial charge on any atom is -0.465 e. The lowest BCUT2D eigenvalue weighted by atomic mass is 9.46. The Morgan fingerprint density at radius 1 is 0.840 bits per heavy atom. The third-order valence-electron chi connectivity index (χ3n) is 17.0. The number of esters is 2. The number of H-pyrrole nitrogens is 1. The van der Waals surface area contributed by atoms with Crippen LogP contribution in [0.2, 0.25) is 0 Å². The van der Waals surface area contributed by atoms with Gasteiger partial charge in [0.05, 0.1) is 35.2 Å². The molecule has 0 saturated heterocycles. The van der Waals surface area contributed by atoms with Crippen LogP contribution in [0, 0.1) is 39.9 Å². The second-order valence-corrected chi connectivity index (χ2v) is 22.7. The van der Waals surface area contributed by atoms with E-state index in [2.05, 4.69) is 39.5 Å². The van der Waals surface area contributed by atoms with Crippen molar-refractivity contribution in [1.29, 1.82) is 0 Å². The smallest absolute Gasteiger partial charge is 0.465 e. The maximum atomic E-state index is 13.4. The Morgan fingerprint density at radius 2 is 1.60 bits per heavy atom. The number of nitrogens with zero attached hydrogens (tertiary/aromatic N) is 5. The summed E-state index contributed by atoms with van der Waals surface area (Å²) in [7, 11) is 0. The molecule has 4 saturated carbocycles. The molecule has 16 nitrogen and oxygen atoms in total. The molecule has 4 fully saturated rings. The number of carbonyl (C=O) groups excluding carboxylic acids is 5. The van der Waals surface area contributed by atoms with Gasteiger partial charge in [0, 0.05) is 24.8 Å². The quantitative estimate of drug-likeness (QED) is 0.0662. The summed E-state index contributed by atoms with van der Waals surface area (Å²) >= 11 is 0. The number of hydrogen-bond acceptors (Lipinski definition) is 14. The molecule has 75 heavy (non-hydrogen) atoms. The van der Waals surface area contributed by atoms with Crippen LogP contribution in [0.3, 0.4) is 0 Å². The fourth-order valence-corrected chi connectivity index (χ4v) is 13.2. The number of hydrogen-bond donors (Lipinski definition) is 1. The Morgan fingerprint density at radius 3 is 2.32 bits per heavy atom. The Hall–Kier alpha value is -6.71. The van der Waals surface area contributed by atoms with E-state index in [1.165, 1.54) is 12.5 Å². The second kappa shape index (κ2) is 22.2. The van der Waals surface area contributed by atoms with Crippen molar-refractivity contribution in [2.45, 2.75) is 151 Å². The van der Waals surface area contributed by atoms with Gasteiger partial charge < -0.3 is 23.7 Å². The second-order valence-electron chi connectivity index (χ2n) is 22.7. The number of para-hydroxylation sites is 1. The fraction of sp³-hybridized carbons (Fsp3) is 0.542. The molecule has 5 aromatic rings. The van der Waals surface area contributed by atoms with E-state index in [0.29, 0.717) is 66.0 Å². The van der Waals surface area contributed by atoms with Gasteiger partial charge >= 0.3 is 18.1 Å². The Kier molecular flexibility index (Phi) is 15.8. The third-order valence-corrected chi connectivity index (χ3v) is 17.0.